The molecule has 0 aromatic carbocycles. The van der Waals surface area contributed by atoms with Gasteiger partial charge >= 0.3 is 0 Å². The van der Waals surface area contributed by atoms with Gasteiger partial charge in [-0.1, -0.05) is 0 Å². The maximum atomic E-state index is 11.5. The lowest BCUT2D eigenvalue weighted by Crippen LogP contribution is -2.26. The summed E-state index contributed by atoms with van der Waals surface area (Å²) in [4.78, 5) is 0. The lowest BCUT2D eigenvalue weighted by atomic mass is 10.5. The Morgan fingerprint density at radius 1 is 1.80 bits per heavy atom. The van der Waals surface area contributed by atoms with Crippen molar-refractivity contribution in [1.29, 1.82) is 0 Å². The molecule has 0 aromatic heterocycles. The fraction of sp³-hybridized carbons (Fsp3) is 1.00. The van der Waals surface area contributed by atoms with E-state index in [0.29, 0.717) is 12.5 Å². The third kappa shape index (κ3) is 1.76. The van der Waals surface area contributed by atoms with E-state index in [1.54, 1.807) is 11.3 Å². The molecule has 0 N–H and O–H groups in total. The van der Waals surface area contributed by atoms with Crippen LogP contribution >= 0.6 is 20.1 Å². The van der Waals surface area contributed by atoms with Crippen LogP contribution in [0.1, 0.15) is 6.42 Å². The van der Waals surface area contributed by atoms with E-state index in [1.165, 1.54) is 0 Å². The van der Waals surface area contributed by atoms with Crippen LogP contribution in [0.15, 0.2) is 0 Å². The van der Waals surface area contributed by atoms with Crippen LogP contribution in [0.25, 0.3) is 0 Å². The van der Waals surface area contributed by atoms with Gasteiger partial charge in [0, 0.05) is 19.1 Å². The Morgan fingerprint density at radius 2 is 2.50 bits per heavy atom. The third-order valence-electron chi connectivity index (χ3n) is 1.57. The van der Waals surface area contributed by atoms with Crippen molar-refractivity contribution in [3.05, 3.63) is 0 Å². The van der Waals surface area contributed by atoms with Crippen LogP contribution in [0, 0.1) is 0 Å². The molecule has 0 radical (unpaired) electrons. The topological polar surface area (TPSA) is 29.5 Å². The van der Waals surface area contributed by atoms with Crippen molar-refractivity contribution >= 4 is 20.1 Å². The van der Waals surface area contributed by atoms with Crippen LogP contribution < -0.4 is 0 Å². The zero-order valence-corrected chi connectivity index (χ0v) is 7.78. The molecule has 0 amide bonds. The molecule has 0 aromatic rings. The fourth-order valence-corrected chi connectivity index (χ4v) is 3.13. The normalized spacial score (nSPS) is 36.2. The first-order valence-electron chi connectivity index (χ1n) is 3.25. The van der Waals surface area contributed by atoms with Crippen molar-refractivity contribution in [2.75, 3.05) is 25.7 Å². The Kier molecular flexibility index (Phi) is 2.81. The van der Waals surface area contributed by atoms with Crippen LogP contribution in [0.2, 0.25) is 0 Å². The Balaban J connectivity index is 2.60. The van der Waals surface area contributed by atoms with Crippen molar-refractivity contribution in [2.24, 2.45) is 0 Å². The lowest BCUT2D eigenvalue weighted by Gasteiger charge is -2.30. The van der Waals surface area contributed by atoms with Gasteiger partial charge in [-0.3, -0.25) is 4.57 Å². The highest BCUT2D eigenvalue weighted by Crippen LogP contribution is 2.49. The van der Waals surface area contributed by atoms with Gasteiger partial charge < -0.3 is 4.52 Å². The van der Waals surface area contributed by atoms with E-state index in [9.17, 15) is 4.57 Å². The summed E-state index contributed by atoms with van der Waals surface area (Å²) in [6.45, 7) is 3.11. The molecule has 0 bridgehead atoms. The van der Waals surface area contributed by atoms with Crippen LogP contribution in [0.4, 0.5) is 0 Å². The van der Waals surface area contributed by atoms with E-state index in [4.69, 9.17) is 4.52 Å². The van der Waals surface area contributed by atoms with Crippen LogP contribution in [0.5, 0.6) is 0 Å². The smallest absolute Gasteiger partial charge is 0.270 e. The van der Waals surface area contributed by atoms with Gasteiger partial charge in [-0.15, -0.1) is 0 Å². The van der Waals surface area contributed by atoms with Gasteiger partial charge in [0.15, 0.2) is 0 Å². The second-order valence-corrected chi connectivity index (χ2v) is 5.07. The largest absolute Gasteiger partial charge is 0.318 e. The average molecular weight is 181 g/mol. The van der Waals surface area contributed by atoms with Gasteiger partial charge in [0.05, 0.1) is 6.61 Å². The minimum absolute atomic E-state index is 0.522. The van der Waals surface area contributed by atoms with Gasteiger partial charge in [0.25, 0.3) is 7.52 Å². The molecule has 1 rings (SSSR count). The zero-order chi connectivity index (χ0) is 7.61. The first-order chi connectivity index (χ1) is 4.67. The predicted molar refractivity (Wildman–Crippen MR) is 44.7 cm³/mol. The van der Waals surface area contributed by atoms with E-state index >= 15 is 0 Å². The Labute approximate surface area is 66.7 Å². The van der Waals surface area contributed by atoms with Crippen molar-refractivity contribution in [1.82, 2.24) is 4.67 Å². The Morgan fingerprint density at radius 3 is 2.90 bits per heavy atom. The van der Waals surface area contributed by atoms with E-state index in [2.05, 4.69) is 12.6 Å². The highest BCUT2D eigenvalue weighted by molar-refractivity contribution is 7.80. The summed E-state index contributed by atoms with van der Waals surface area (Å²) < 4.78 is 18.3. The van der Waals surface area contributed by atoms with Gasteiger partial charge in [-0.2, -0.15) is 12.6 Å². The summed E-state index contributed by atoms with van der Waals surface area (Å²) >= 11 is 4.05. The maximum Gasteiger partial charge on any atom is 0.270 e. The molecule has 3 nitrogen and oxygen atoms in total. The molecule has 5 heteroatoms. The summed E-state index contributed by atoms with van der Waals surface area (Å²) in [6.07, 6.45) is 0.957. The van der Waals surface area contributed by atoms with Crippen molar-refractivity contribution in [3.8, 4) is 0 Å². The minimum atomic E-state index is -2.44. The highest BCUT2D eigenvalue weighted by Gasteiger charge is 2.27. The van der Waals surface area contributed by atoms with E-state index in [1.807, 2.05) is 0 Å². The highest BCUT2D eigenvalue weighted by atomic mass is 32.1. The first kappa shape index (κ1) is 8.60. The van der Waals surface area contributed by atoms with E-state index in [-0.39, 0.29) is 0 Å². The van der Waals surface area contributed by atoms with Gasteiger partial charge in [0.2, 0.25) is 0 Å². The number of hydrogen-bond donors (Lipinski definition) is 1. The zero-order valence-electron chi connectivity index (χ0n) is 5.99. The van der Waals surface area contributed by atoms with Crippen molar-refractivity contribution in [2.45, 2.75) is 6.42 Å². The monoisotopic (exact) mass is 181 g/mol. The molecule has 1 aliphatic rings. The molecule has 1 atom stereocenters. The summed E-state index contributed by atoms with van der Waals surface area (Å²) in [5.74, 6) is 0.522. The molecular weight excluding hydrogens is 169 g/mol. The summed E-state index contributed by atoms with van der Waals surface area (Å²) in [5.41, 5.74) is 0. The summed E-state index contributed by atoms with van der Waals surface area (Å²) in [6, 6.07) is 0. The van der Waals surface area contributed by atoms with E-state index < -0.39 is 7.52 Å². The van der Waals surface area contributed by atoms with Gasteiger partial charge in [-0.05, 0) is 6.42 Å². The third-order valence-corrected chi connectivity index (χ3v) is 4.16. The lowest BCUT2D eigenvalue weighted by molar-refractivity contribution is 0.223. The van der Waals surface area contributed by atoms with Crippen LogP contribution in [0.3, 0.4) is 0 Å². The Bertz CT molecular complexity index is 164. The fourth-order valence-electron chi connectivity index (χ4n) is 0.930. The summed E-state index contributed by atoms with van der Waals surface area (Å²) in [5, 5.41) is 0. The van der Waals surface area contributed by atoms with Crippen molar-refractivity contribution in [3.63, 3.8) is 0 Å². The summed E-state index contributed by atoms with van der Waals surface area (Å²) in [7, 11) is -2.44. The molecular formula is C5H12NO2PS. The number of hydrogen-bond acceptors (Lipinski definition) is 3. The second-order valence-electron chi connectivity index (χ2n) is 2.36. The molecule has 1 heterocycles. The molecule has 0 unspecified atom stereocenters. The van der Waals surface area contributed by atoms with Crippen LogP contribution in [-0.4, -0.2) is 30.4 Å². The van der Waals surface area contributed by atoms with Crippen LogP contribution in [-0.2, 0) is 9.09 Å². The number of thiol groups is 1. The standard InChI is InChI=1S/C5H12NO2PS/c1-9(7)6(5-10)3-2-4-8-9/h10H,2-5H2,1H3/t9-/m0/s1. The van der Waals surface area contributed by atoms with Crippen molar-refractivity contribution < 1.29 is 9.09 Å². The molecule has 10 heavy (non-hydrogen) atoms. The molecule has 60 valence electrons. The maximum absolute atomic E-state index is 11.5. The predicted octanol–water partition coefficient (Wildman–Crippen LogP) is 1.42. The SMILES string of the molecule is C[P@]1(=O)OCCCN1CS. The molecule has 1 fully saturated rings. The Hall–Kier alpha value is 0.500. The molecule has 1 saturated heterocycles. The number of rotatable bonds is 1. The quantitative estimate of drug-likeness (QED) is 0.490. The molecule has 1 aliphatic heterocycles. The van der Waals surface area contributed by atoms with Gasteiger partial charge in [0.1, 0.15) is 0 Å². The van der Waals surface area contributed by atoms with Gasteiger partial charge in [-0.25, -0.2) is 4.67 Å². The average Bonchev–Trinajstić information content (AvgIpc) is 1.87. The first-order valence-corrected chi connectivity index (χ1v) is 5.91. The molecule has 0 aliphatic carbocycles. The minimum Gasteiger partial charge on any atom is -0.318 e. The molecule has 0 spiro atoms. The molecule has 0 saturated carbocycles. The van der Waals surface area contributed by atoms with E-state index in [0.717, 1.165) is 13.0 Å². The second kappa shape index (κ2) is 3.26. The number of nitrogens with zero attached hydrogens (tertiary/aromatic N) is 1.